The summed E-state index contributed by atoms with van der Waals surface area (Å²) in [5.41, 5.74) is 3.16. The van der Waals surface area contributed by atoms with E-state index in [2.05, 4.69) is 5.32 Å². The summed E-state index contributed by atoms with van der Waals surface area (Å²) in [6.45, 7) is 0.436. The van der Waals surface area contributed by atoms with Crippen LogP contribution in [0.1, 0.15) is 16.8 Å². The minimum atomic E-state index is -0.274. The number of carbonyl (C=O) groups excluding carboxylic acids is 1. The largest absolute Gasteiger partial charge is 0.478 e. The summed E-state index contributed by atoms with van der Waals surface area (Å²) in [4.78, 5) is 12.2. The molecule has 0 radical (unpaired) electrons. The highest BCUT2D eigenvalue weighted by atomic mass is 16.5. The second-order valence-corrected chi connectivity index (χ2v) is 4.92. The fourth-order valence-electron chi connectivity index (χ4n) is 2.29. The standard InChI is InChI=1S/C18H14N2O2/c19-12-16-10-11-22-18(16)20-17(21)15-8-6-14(7-9-15)13-4-2-1-3-5-13/h1-9H,10-11H2,(H,20,21). The van der Waals surface area contributed by atoms with Gasteiger partial charge in [-0.25, -0.2) is 0 Å². The molecule has 0 unspecified atom stereocenters. The Morgan fingerprint density at radius 3 is 2.41 bits per heavy atom. The van der Waals surface area contributed by atoms with Crippen LogP contribution in [0.3, 0.4) is 0 Å². The van der Waals surface area contributed by atoms with Gasteiger partial charge in [0.1, 0.15) is 6.07 Å². The van der Waals surface area contributed by atoms with Gasteiger partial charge in [0.2, 0.25) is 5.88 Å². The van der Waals surface area contributed by atoms with Crippen molar-refractivity contribution in [1.29, 1.82) is 5.26 Å². The molecule has 1 aliphatic heterocycles. The van der Waals surface area contributed by atoms with Crippen molar-refractivity contribution in [2.75, 3.05) is 6.61 Å². The van der Waals surface area contributed by atoms with E-state index in [9.17, 15) is 4.79 Å². The summed E-state index contributed by atoms with van der Waals surface area (Å²) in [5.74, 6) is 0.00361. The van der Waals surface area contributed by atoms with E-state index in [-0.39, 0.29) is 11.8 Å². The van der Waals surface area contributed by atoms with E-state index >= 15 is 0 Å². The predicted octanol–water partition coefficient (Wildman–Crippen LogP) is 3.24. The van der Waals surface area contributed by atoms with E-state index in [1.54, 1.807) is 12.1 Å². The molecule has 4 nitrogen and oxygen atoms in total. The number of carbonyl (C=O) groups is 1. The number of nitriles is 1. The Hall–Kier alpha value is -3.06. The van der Waals surface area contributed by atoms with E-state index in [0.29, 0.717) is 24.2 Å². The summed E-state index contributed by atoms with van der Waals surface area (Å²) in [5, 5.41) is 11.6. The van der Waals surface area contributed by atoms with Gasteiger partial charge in [-0.3, -0.25) is 10.1 Å². The molecule has 0 saturated heterocycles. The molecule has 4 heteroatoms. The predicted molar refractivity (Wildman–Crippen MR) is 82.6 cm³/mol. The van der Waals surface area contributed by atoms with Crippen LogP contribution in [-0.4, -0.2) is 12.5 Å². The molecule has 0 spiro atoms. The van der Waals surface area contributed by atoms with Gasteiger partial charge >= 0.3 is 0 Å². The smallest absolute Gasteiger partial charge is 0.257 e. The van der Waals surface area contributed by atoms with E-state index in [1.165, 1.54) is 0 Å². The summed E-state index contributed by atoms with van der Waals surface area (Å²) >= 11 is 0. The van der Waals surface area contributed by atoms with Crippen molar-refractivity contribution in [3.63, 3.8) is 0 Å². The van der Waals surface area contributed by atoms with Crippen molar-refractivity contribution in [2.45, 2.75) is 6.42 Å². The summed E-state index contributed by atoms with van der Waals surface area (Å²) in [6, 6.07) is 19.3. The van der Waals surface area contributed by atoms with Crippen LogP contribution in [0.15, 0.2) is 66.1 Å². The number of hydrogen-bond donors (Lipinski definition) is 1. The topological polar surface area (TPSA) is 62.1 Å². The number of nitrogens with one attached hydrogen (secondary N) is 1. The van der Waals surface area contributed by atoms with E-state index < -0.39 is 0 Å². The van der Waals surface area contributed by atoms with Crippen LogP contribution in [0.2, 0.25) is 0 Å². The molecule has 3 rings (SSSR count). The lowest BCUT2D eigenvalue weighted by Crippen LogP contribution is -2.23. The first-order valence-corrected chi connectivity index (χ1v) is 7.01. The minimum absolute atomic E-state index is 0.274. The normalized spacial score (nSPS) is 13.4. The molecule has 0 fully saturated rings. The first-order valence-electron chi connectivity index (χ1n) is 7.01. The van der Waals surface area contributed by atoms with Crippen molar-refractivity contribution in [1.82, 2.24) is 5.32 Å². The molecule has 1 amide bonds. The molecule has 1 N–H and O–H groups in total. The Bertz CT molecular complexity index is 756. The van der Waals surface area contributed by atoms with Crippen molar-refractivity contribution >= 4 is 5.91 Å². The fraction of sp³-hybridized carbons (Fsp3) is 0.111. The Kier molecular flexibility index (Phi) is 3.88. The summed E-state index contributed by atoms with van der Waals surface area (Å²) < 4.78 is 5.27. The molecule has 2 aromatic carbocycles. The average molecular weight is 290 g/mol. The fourth-order valence-corrected chi connectivity index (χ4v) is 2.29. The molecule has 22 heavy (non-hydrogen) atoms. The van der Waals surface area contributed by atoms with Gasteiger partial charge in [-0.05, 0) is 23.3 Å². The molecule has 2 aromatic rings. The zero-order chi connectivity index (χ0) is 15.4. The molecular weight excluding hydrogens is 276 g/mol. The number of rotatable bonds is 3. The van der Waals surface area contributed by atoms with E-state index in [0.717, 1.165) is 11.1 Å². The zero-order valence-electron chi connectivity index (χ0n) is 11.9. The first kappa shape index (κ1) is 13.9. The average Bonchev–Trinajstić information content (AvgIpc) is 3.03. The van der Waals surface area contributed by atoms with Crippen molar-refractivity contribution in [3.05, 3.63) is 71.6 Å². The lowest BCUT2D eigenvalue weighted by molar-refractivity contribution is 0.0930. The van der Waals surface area contributed by atoms with Gasteiger partial charge in [0.15, 0.2) is 0 Å². The van der Waals surface area contributed by atoms with E-state index in [4.69, 9.17) is 10.00 Å². The van der Waals surface area contributed by atoms with Crippen molar-refractivity contribution in [2.24, 2.45) is 0 Å². The van der Waals surface area contributed by atoms with Crippen LogP contribution in [0.25, 0.3) is 11.1 Å². The first-order chi connectivity index (χ1) is 10.8. The summed E-state index contributed by atoms with van der Waals surface area (Å²) in [7, 11) is 0. The maximum absolute atomic E-state index is 12.2. The Balaban J connectivity index is 1.76. The Morgan fingerprint density at radius 1 is 1.05 bits per heavy atom. The molecule has 0 saturated carbocycles. The van der Waals surface area contributed by atoms with Crippen molar-refractivity contribution < 1.29 is 9.53 Å². The number of nitrogens with zero attached hydrogens (tertiary/aromatic N) is 1. The van der Waals surface area contributed by atoms with Gasteiger partial charge in [0.05, 0.1) is 12.2 Å². The molecular formula is C18H14N2O2. The third kappa shape index (κ3) is 2.84. The van der Waals surface area contributed by atoms with Crippen LogP contribution < -0.4 is 5.32 Å². The van der Waals surface area contributed by atoms with Crippen LogP contribution >= 0.6 is 0 Å². The van der Waals surface area contributed by atoms with Gasteiger partial charge in [-0.15, -0.1) is 0 Å². The highest BCUT2D eigenvalue weighted by Gasteiger charge is 2.18. The van der Waals surface area contributed by atoms with Crippen LogP contribution in [0.5, 0.6) is 0 Å². The minimum Gasteiger partial charge on any atom is -0.478 e. The van der Waals surface area contributed by atoms with E-state index in [1.807, 2.05) is 48.5 Å². The number of ether oxygens (including phenoxy) is 1. The maximum atomic E-state index is 12.2. The number of benzene rings is 2. The Labute approximate surface area is 128 Å². The lowest BCUT2D eigenvalue weighted by Gasteiger charge is -2.07. The number of hydrogen-bond acceptors (Lipinski definition) is 3. The monoisotopic (exact) mass is 290 g/mol. The molecule has 1 aliphatic rings. The van der Waals surface area contributed by atoms with Gasteiger partial charge in [-0.2, -0.15) is 5.26 Å². The molecule has 0 atom stereocenters. The van der Waals surface area contributed by atoms with Gasteiger partial charge in [0.25, 0.3) is 5.91 Å². The summed E-state index contributed by atoms with van der Waals surface area (Å²) in [6.07, 6.45) is 0.541. The molecule has 1 heterocycles. The third-order valence-corrected chi connectivity index (χ3v) is 3.49. The highest BCUT2D eigenvalue weighted by molar-refractivity contribution is 5.95. The molecule has 0 aromatic heterocycles. The number of amides is 1. The molecule has 0 bridgehead atoms. The maximum Gasteiger partial charge on any atom is 0.257 e. The highest BCUT2D eigenvalue weighted by Crippen LogP contribution is 2.20. The van der Waals surface area contributed by atoms with Crippen LogP contribution in [0.4, 0.5) is 0 Å². The van der Waals surface area contributed by atoms with Crippen LogP contribution in [-0.2, 0) is 4.74 Å². The molecule has 0 aliphatic carbocycles. The SMILES string of the molecule is N#CC1=C(NC(=O)c2ccc(-c3ccccc3)cc2)OCC1. The van der Waals surface area contributed by atoms with Gasteiger partial charge in [-0.1, -0.05) is 42.5 Å². The second kappa shape index (κ2) is 6.15. The quantitative estimate of drug-likeness (QED) is 0.944. The third-order valence-electron chi connectivity index (χ3n) is 3.49. The van der Waals surface area contributed by atoms with Gasteiger partial charge < -0.3 is 4.74 Å². The molecule has 108 valence electrons. The Morgan fingerprint density at radius 2 is 1.73 bits per heavy atom. The zero-order valence-corrected chi connectivity index (χ0v) is 11.9. The van der Waals surface area contributed by atoms with Crippen molar-refractivity contribution in [3.8, 4) is 17.2 Å². The second-order valence-electron chi connectivity index (χ2n) is 4.92. The van der Waals surface area contributed by atoms with Gasteiger partial charge in [0, 0.05) is 12.0 Å². The lowest BCUT2D eigenvalue weighted by atomic mass is 10.0. The van der Waals surface area contributed by atoms with Crippen LogP contribution in [0, 0.1) is 11.3 Å².